The monoisotopic (exact) mass is 321 g/mol. The fraction of sp³-hybridized carbons (Fsp3) is 0.286. The number of nitrogens with zero attached hydrogens (tertiary/aromatic N) is 1. The van der Waals surface area contributed by atoms with Crippen LogP contribution in [-0.4, -0.2) is 12.5 Å². The molecule has 0 aliphatic heterocycles. The molecule has 5 heteroatoms. The third kappa shape index (κ3) is 4.76. The van der Waals surface area contributed by atoms with Crippen molar-refractivity contribution < 1.29 is 4.79 Å². The van der Waals surface area contributed by atoms with E-state index in [0.29, 0.717) is 6.54 Å². The first-order valence-electron chi connectivity index (χ1n) is 5.99. The summed E-state index contributed by atoms with van der Waals surface area (Å²) in [6.07, 6.45) is 2.27. The number of rotatable bonds is 5. The molecule has 19 heavy (non-hydrogen) atoms. The van der Waals surface area contributed by atoms with Crippen LogP contribution in [0.2, 0.25) is 0 Å². The van der Waals surface area contributed by atoms with E-state index in [0.717, 1.165) is 22.1 Å². The minimum absolute atomic E-state index is 0.0655. The van der Waals surface area contributed by atoms with Gasteiger partial charge in [0.25, 0.3) is 5.91 Å². The van der Waals surface area contributed by atoms with Gasteiger partial charge in [0.2, 0.25) is 0 Å². The average Bonchev–Trinajstić information content (AvgIpc) is 2.39. The Morgan fingerprint density at radius 1 is 1.53 bits per heavy atom. The molecule has 4 nitrogen and oxygen atoms in total. The number of aryl methyl sites for hydroxylation is 1. The van der Waals surface area contributed by atoms with Crippen LogP contribution in [0.4, 0.5) is 5.69 Å². The zero-order chi connectivity index (χ0) is 14.3. The molecule has 0 aliphatic carbocycles. The van der Waals surface area contributed by atoms with Crippen LogP contribution < -0.4 is 10.6 Å². The van der Waals surface area contributed by atoms with Crippen LogP contribution in [0.5, 0.6) is 0 Å². The van der Waals surface area contributed by atoms with Crippen LogP contribution in [0.15, 0.2) is 34.4 Å². The number of amides is 1. The van der Waals surface area contributed by atoms with Gasteiger partial charge >= 0.3 is 0 Å². The smallest absolute Gasteiger partial charge is 0.263 e. The van der Waals surface area contributed by atoms with Gasteiger partial charge in [-0.3, -0.25) is 4.79 Å². The van der Waals surface area contributed by atoms with Crippen LogP contribution >= 0.6 is 15.9 Å². The van der Waals surface area contributed by atoms with Crippen molar-refractivity contribution in [2.45, 2.75) is 20.3 Å². The first-order valence-corrected chi connectivity index (χ1v) is 6.79. The molecular weight excluding hydrogens is 306 g/mol. The Morgan fingerprint density at radius 2 is 2.26 bits per heavy atom. The molecule has 0 aromatic heterocycles. The maximum absolute atomic E-state index is 11.6. The molecule has 100 valence electrons. The van der Waals surface area contributed by atoms with E-state index in [9.17, 15) is 4.79 Å². The fourth-order valence-corrected chi connectivity index (χ4v) is 1.90. The van der Waals surface area contributed by atoms with E-state index in [1.54, 1.807) is 0 Å². The summed E-state index contributed by atoms with van der Waals surface area (Å²) in [7, 11) is 0. The van der Waals surface area contributed by atoms with Gasteiger partial charge in [0, 0.05) is 22.9 Å². The van der Waals surface area contributed by atoms with E-state index in [1.807, 2.05) is 38.1 Å². The van der Waals surface area contributed by atoms with Crippen LogP contribution in [0.25, 0.3) is 0 Å². The van der Waals surface area contributed by atoms with E-state index in [2.05, 4.69) is 26.6 Å². The van der Waals surface area contributed by atoms with Gasteiger partial charge in [0.15, 0.2) is 0 Å². The fourth-order valence-electron chi connectivity index (χ4n) is 1.42. The number of halogens is 1. The van der Waals surface area contributed by atoms with Crippen molar-refractivity contribution in [3.63, 3.8) is 0 Å². The molecule has 1 aromatic rings. The van der Waals surface area contributed by atoms with Crippen molar-refractivity contribution in [2.75, 3.05) is 11.9 Å². The Kier molecular flexibility index (Phi) is 6.10. The van der Waals surface area contributed by atoms with Crippen molar-refractivity contribution >= 4 is 27.5 Å². The summed E-state index contributed by atoms with van der Waals surface area (Å²) >= 11 is 3.38. The molecule has 0 radical (unpaired) electrons. The van der Waals surface area contributed by atoms with E-state index in [4.69, 9.17) is 5.26 Å². The number of hydrogen-bond donors (Lipinski definition) is 2. The zero-order valence-corrected chi connectivity index (χ0v) is 12.5. The number of nitrogens with one attached hydrogen (secondary N) is 2. The van der Waals surface area contributed by atoms with Crippen LogP contribution in [0, 0.1) is 18.3 Å². The molecule has 0 saturated carbocycles. The molecule has 0 heterocycles. The lowest BCUT2D eigenvalue weighted by Crippen LogP contribution is -2.25. The van der Waals surface area contributed by atoms with Gasteiger partial charge in [-0.05, 0) is 37.1 Å². The van der Waals surface area contributed by atoms with E-state index < -0.39 is 0 Å². The molecule has 2 N–H and O–H groups in total. The predicted molar refractivity (Wildman–Crippen MR) is 79.5 cm³/mol. The number of nitriles is 1. The largest absolute Gasteiger partial charge is 0.360 e. The molecule has 0 atom stereocenters. The highest BCUT2D eigenvalue weighted by Gasteiger charge is 2.07. The third-order valence-electron chi connectivity index (χ3n) is 2.46. The lowest BCUT2D eigenvalue weighted by molar-refractivity contribution is -0.117. The normalized spacial score (nSPS) is 10.7. The summed E-state index contributed by atoms with van der Waals surface area (Å²) in [4.78, 5) is 11.6. The highest BCUT2D eigenvalue weighted by molar-refractivity contribution is 9.10. The second-order valence-electron chi connectivity index (χ2n) is 4.03. The average molecular weight is 322 g/mol. The number of anilines is 1. The van der Waals surface area contributed by atoms with Crippen LogP contribution in [-0.2, 0) is 4.79 Å². The lowest BCUT2D eigenvalue weighted by Gasteiger charge is -2.07. The van der Waals surface area contributed by atoms with Crippen LogP contribution in [0.1, 0.15) is 18.9 Å². The van der Waals surface area contributed by atoms with Crippen molar-refractivity contribution in [2.24, 2.45) is 0 Å². The zero-order valence-electron chi connectivity index (χ0n) is 11.0. The lowest BCUT2D eigenvalue weighted by atomic mass is 10.2. The second-order valence-corrected chi connectivity index (χ2v) is 4.94. The summed E-state index contributed by atoms with van der Waals surface area (Å²) in [6, 6.07) is 7.63. The highest BCUT2D eigenvalue weighted by Crippen LogP contribution is 2.20. The van der Waals surface area contributed by atoms with E-state index in [-0.39, 0.29) is 11.5 Å². The van der Waals surface area contributed by atoms with Crippen molar-refractivity contribution in [1.29, 1.82) is 5.26 Å². The topological polar surface area (TPSA) is 64.9 Å². The molecular formula is C14H16BrN3O. The van der Waals surface area contributed by atoms with Crippen molar-refractivity contribution in [3.8, 4) is 6.07 Å². The van der Waals surface area contributed by atoms with Crippen molar-refractivity contribution in [3.05, 3.63) is 40.0 Å². The summed E-state index contributed by atoms with van der Waals surface area (Å²) < 4.78 is 0.987. The molecule has 0 aliphatic rings. The van der Waals surface area contributed by atoms with Gasteiger partial charge in [0.1, 0.15) is 11.6 Å². The summed E-state index contributed by atoms with van der Waals surface area (Å²) in [5.74, 6) is -0.355. The van der Waals surface area contributed by atoms with Gasteiger partial charge in [-0.1, -0.05) is 22.9 Å². The van der Waals surface area contributed by atoms with E-state index >= 15 is 0 Å². The molecule has 0 saturated heterocycles. The quantitative estimate of drug-likeness (QED) is 0.647. The Bertz CT molecular complexity index is 532. The minimum Gasteiger partial charge on any atom is -0.360 e. The maximum Gasteiger partial charge on any atom is 0.263 e. The molecule has 1 aromatic carbocycles. The van der Waals surface area contributed by atoms with Gasteiger partial charge < -0.3 is 10.6 Å². The predicted octanol–water partition coefficient (Wildman–Crippen LogP) is 3.10. The van der Waals surface area contributed by atoms with Crippen molar-refractivity contribution in [1.82, 2.24) is 5.32 Å². The summed E-state index contributed by atoms with van der Waals surface area (Å²) in [5, 5.41) is 14.6. The molecule has 0 bridgehead atoms. The first-order chi connectivity index (χ1) is 9.08. The Labute approximate surface area is 121 Å². The number of carbonyl (C=O) groups excluding carboxylic acids is 1. The van der Waals surface area contributed by atoms with Gasteiger partial charge in [-0.25, -0.2) is 0 Å². The van der Waals surface area contributed by atoms with Gasteiger partial charge in [-0.15, -0.1) is 0 Å². The number of carbonyl (C=O) groups is 1. The molecule has 1 rings (SSSR count). The van der Waals surface area contributed by atoms with E-state index in [1.165, 1.54) is 6.20 Å². The summed E-state index contributed by atoms with van der Waals surface area (Å²) in [5.41, 5.74) is 1.95. The second kappa shape index (κ2) is 7.59. The molecule has 0 fully saturated rings. The minimum atomic E-state index is -0.355. The van der Waals surface area contributed by atoms with Gasteiger partial charge in [0.05, 0.1) is 0 Å². The Morgan fingerprint density at radius 3 is 2.84 bits per heavy atom. The molecule has 1 amide bonds. The van der Waals surface area contributed by atoms with Crippen LogP contribution in [0.3, 0.4) is 0 Å². The number of benzene rings is 1. The summed E-state index contributed by atoms with van der Waals surface area (Å²) in [6.45, 7) is 4.47. The molecule has 0 spiro atoms. The SMILES string of the molecule is CCCNC(=O)/C(C#N)=C\Nc1ccc(Br)cc1C. The Balaban J connectivity index is 2.77. The highest BCUT2D eigenvalue weighted by atomic mass is 79.9. The molecule has 0 unspecified atom stereocenters. The third-order valence-corrected chi connectivity index (χ3v) is 2.95. The maximum atomic E-state index is 11.6. The number of hydrogen-bond acceptors (Lipinski definition) is 3. The Hall–Kier alpha value is -1.80. The van der Waals surface area contributed by atoms with Gasteiger partial charge in [-0.2, -0.15) is 5.26 Å². The standard InChI is InChI=1S/C14H16BrN3O/c1-3-6-17-14(19)11(8-16)9-18-13-5-4-12(15)7-10(13)2/h4-5,7,9,18H,3,6H2,1-2H3,(H,17,19)/b11-9-. The first kappa shape index (κ1) is 15.3.